The lowest BCUT2D eigenvalue weighted by Gasteiger charge is -2.18. The molecule has 3 heteroatoms. The molecule has 0 saturated heterocycles. The van der Waals surface area contributed by atoms with Crippen LogP contribution < -0.4 is 5.32 Å². The number of hydrogen-bond donors (Lipinski definition) is 1. The fourth-order valence-corrected chi connectivity index (χ4v) is 2.40. The maximum atomic E-state index is 4.69. The number of hydrogen-bond acceptors (Lipinski definition) is 2. The van der Waals surface area contributed by atoms with E-state index in [-0.39, 0.29) is 0 Å². The van der Waals surface area contributed by atoms with Gasteiger partial charge in [0, 0.05) is 23.8 Å². The molecule has 104 valence electrons. The molecule has 0 saturated carbocycles. The van der Waals surface area contributed by atoms with Gasteiger partial charge in [0.2, 0.25) is 0 Å². The predicted octanol–water partition coefficient (Wildman–Crippen LogP) is 3.61. The summed E-state index contributed by atoms with van der Waals surface area (Å²) in [7, 11) is 0. The van der Waals surface area contributed by atoms with Gasteiger partial charge in [0.25, 0.3) is 0 Å². The third kappa shape index (κ3) is 3.84. The zero-order chi connectivity index (χ0) is 13.9. The van der Waals surface area contributed by atoms with Gasteiger partial charge in [-0.2, -0.15) is 5.10 Å². The molecular formula is C15H29N3. The average molecular weight is 251 g/mol. The lowest BCUT2D eigenvalue weighted by atomic mass is 9.92. The smallest absolute Gasteiger partial charge is 0.0644 e. The molecule has 0 radical (unpaired) electrons. The highest BCUT2D eigenvalue weighted by Gasteiger charge is 2.18. The van der Waals surface area contributed by atoms with Crippen molar-refractivity contribution in [1.29, 1.82) is 0 Å². The Bertz CT molecular complexity index is 385. The van der Waals surface area contributed by atoms with Crippen LogP contribution >= 0.6 is 0 Å². The zero-order valence-corrected chi connectivity index (χ0v) is 13.1. The molecule has 1 aromatic rings. The van der Waals surface area contributed by atoms with Crippen LogP contribution in [0.3, 0.4) is 0 Å². The number of rotatable bonds is 5. The van der Waals surface area contributed by atoms with Crippen LogP contribution in [0.1, 0.15) is 64.0 Å². The Morgan fingerprint density at radius 1 is 1.28 bits per heavy atom. The van der Waals surface area contributed by atoms with E-state index >= 15 is 0 Å². The molecule has 1 N–H and O–H groups in total. The van der Waals surface area contributed by atoms with Crippen molar-refractivity contribution >= 4 is 0 Å². The summed E-state index contributed by atoms with van der Waals surface area (Å²) in [5.41, 5.74) is 4.20. The molecule has 0 aliphatic rings. The van der Waals surface area contributed by atoms with Gasteiger partial charge in [-0.3, -0.25) is 4.68 Å². The highest BCUT2D eigenvalue weighted by atomic mass is 15.3. The van der Waals surface area contributed by atoms with E-state index < -0.39 is 0 Å². The van der Waals surface area contributed by atoms with Crippen molar-refractivity contribution in [3.63, 3.8) is 0 Å². The maximum Gasteiger partial charge on any atom is 0.0644 e. The topological polar surface area (TPSA) is 29.9 Å². The molecular weight excluding hydrogens is 222 g/mol. The van der Waals surface area contributed by atoms with Gasteiger partial charge in [0.1, 0.15) is 0 Å². The summed E-state index contributed by atoms with van der Waals surface area (Å²) < 4.78 is 2.17. The zero-order valence-electron chi connectivity index (χ0n) is 13.1. The van der Waals surface area contributed by atoms with E-state index in [9.17, 15) is 0 Å². The average Bonchev–Trinajstić information content (AvgIpc) is 2.50. The second-order valence-corrected chi connectivity index (χ2v) is 6.40. The normalized spacial score (nSPS) is 13.9. The molecule has 1 heterocycles. The minimum absolute atomic E-state index is 0.361. The quantitative estimate of drug-likeness (QED) is 0.866. The van der Waals surface area contributed by atoms with Crippen LogP contribution in [0, 0.1) is 19.3 Å². The molecule has 1 aromatic heterocycles. The lowest BCUT2D eigenvalue weighted by Crippen LogP contribution is -2.19. The van der Waals surface area contributed by atoms with E-state index in [1.54, 1.807) is 0 Å². The molecule has 1 atom stereocenters. The van der Waals surface area contributed by atoms with E-state index in [0.29, 0.717) is 11.5 Å². The van der Waals surface area contributed by atoms with Crippen molar-refractivity contribution in [2.45, 2.75) is 67.5 Å². The van der Waals surface area contributed by atoms with Gasteiger partial charge in [-0.15, -0.1) is 0 Å². The van der Waals surface area contributed by atoms with E-state index in [0.717, 1.165) is 25.2 Å². The van der Waals surface area contributed by atoms with Gasteiger partial charge in [-0.25, -0.2) is 0 Å². The monoisotopic (exact) mass is 251 g/mol. The summed E-state index contributed by atoms with van der Waals surface area (Å²) in [6.45, 7) is 17.5. The molecule has 18 heavy (non-hydrogen) atoms. The van der Waals surface area contributed by atoms with Crippen LogP contribution in [-0.4, -0.2) is 16.3 Å². The summed E-state index contributed by atoms with van der Waals surface area (Å²) in [4.78, 5) is 0. The second-order valence-electron chi connectivity index (χ2n) is 6.40. The van der Waals surface area contributed by atoms with Crippen LogP contribution in [0.2, 0.25) is 0 Å². The van der Waals surface area contributed by atoms with Gasteiger partial charge in [0.15, 0.2) is 0 Å². The third-order valence-corrected chi connectivity index (χ3v) is 3.45. The molecule has 0 bridgehead atoms. The van der Waals surface area contributed by atoms with E-state index in [4.69, 9.17) is 5.10 Å². The van der Waals surface area contributed by atoms with Crippen LogP contribution in [0.15, 0.2) is 0 Å². The maximum absolute atomic E-state index is 4.69. The number of nitrogens with one attached hydrogen (secondary N) is 1. The van der Waals surface area contributed by atoms with Gasteiger partial charge < -0.3 is 5.32 Å². The Morgan fingerprint density at radius 2 is 1.89 bits per heavy atom. The summed E-state index contributed by atoms with van der Waals surface area (Å²) in [6.07, 6.45) is 1.16. The van der Waals surface area contributed by atoms with Crippen molar-refractivity contribution in [2.75, 3.05) is 6.54 Å². The highest BCUT2D eigenvalue weighted by Crippen LogP contribution is 2.24. The van der Waals surface area contributed by atoms with Crippen LogP contribution in [0.4, 0.5) is 0 Å². The molecule has 3 nitrogen and oxygen atoms in total. The minimum atomic E-state index is 0.361. The van der Waals surface area contributed by atoms with Crippen LogP contribution in [0.25, 0.3) is 0 Å². The summed E-state index contributed by atoms with van der Waals surface area (Å²) in [5, 5.41) is 8.17. The summed E-state index contributed by atoms with van der Waals surface area (Å²) >= 11 is 0. The van der Waals surface area contributed by atoms with Crippen LogP contribution in [-0.2, 0) is 6.54 Å². The SMILES string of the molecule is CCNC(C)c1c(C)nn(CCC(C)(C)C)c1C. The second kappa shape index (κ2) is 5.87. The molecule has 0 fully saturated rings. The number of nitrogens with zero attached hydrogens (tertiary/aromatic N) is 2. The van der Waals surface area contributed by atoms with E-state index in [2.05, 4.69) is 58.5 Å². The molecule has 0 spiro atoms. The predicted molar refractivity (Wildman–Crippen MR) is 77.9 cm³/mol. The van der Waals surface area contributed by atoms with Crippen molar-refractivity contribution < 1.29 is 0 Å². The molecule has 1 rings (SSSR count). The summed E-state index contributed by atoms with van der Waals surface area (Å²) in [5.74, 6) is 0. The first kappa shape index (κ1) is 15.2. The fraction of sp³-hybridized carbons (Fsp3) is 0.800. The van der Waals surface area contributed by atoms with Gasteiger partial charge in [-0.05, 0) is 39.2 Å². The van der Waals surface area contributed by atoms with Gasteiger partial charge in [-0.1, -0.05) is 27.7 Å². The van der Waals surface area contributed by atoms with E-state index in [1.165, 1.54) is 11.3 Å². The third-order valence-electron chi connectivity index (χ3n) is 3.45. The first-order valence-corrected chi connectivity index (χ1v) is 7.03. The Hall–Kier alpha value is -0.830. The highest BCUT2D eigenvalue weighted by molar-refractivity contribution is 5.27. The molecule has 0 aliphatic carbocycles. The first-order valence-electron chi connectivity index (χ1n) is 7.03. The van der Waals surface area contributed by atoms with Crippen molar-refractivity contribution in [1.82, 2.24) is 15.1 Å². The Balaban J connectivity index is 2.87. The number of aromatic nitrogens is 2. The standard InChI is InChI=1S/C15H29N3/c1-8-16-11(2)14-12(3)17-18(13(14)4)10-9-15(5,6)7/h11,16H,8-10H2,1-7H3. The van der Waals surface area contributed by atoms with Gasteiger partial charge in [0.05, 0.1) is 5.69 Å². The minimum Gasteiger partial charge on any atom is -0.310 e. The Kier molecular flexibility index (Phi) is 4.97. The van der Waals surface area contributed by atoms with Gasteiger partial charge >= 0.3 is 0 Å². The van der Waals surface area contributed by atoms with Crippen molar-refractivity contribution in [3.8, 4) is 0 Å². The Labute approximate surface area is 112 Å². The first-order chi connectivity index (χ1) is 8.26. The summed E-state index contributed by atoms with van der Waals surface area (Å²) in [6, 6.07) is 0.387. The number of aryl methyl sites for hydroxylation is 2. The van der Waals surface area contributed by atoms with E-state index in [1.807, 2.05) is 0 Å². The molecule has 1 unspecified atom stereocenters. The Morgan fingerprint density at radius 3 is 2.39 bits per heavy atom. The fourth-order valence-electron chi connectivity index (χ4n) is 2.40. The lowest BCUT2D eigenvalue weighted by molar-refractivity contribution is 0.338. The molecule has 0 amide bonds. The largest absolute Gasteiger partial charge is 0.310 e. The molecule has 0 aliphatic heterocycles. The van der Waals surface area contributed by atoms with Crippen molar-refractivity contribution in [3.05, 3.63) is 17.0 Å². The van der Waals surface area contributed by atoms with Crippen LogP contribution in [0.5, 0.6) is 0 Å². The molecule has 0 aromatic carbocycles. The van der Waals surface area contributed by atoms with Crippen molar-refractivity contribution in [2.24, 2.45) is 5.41 Å².